The van der Waals surface area contributed by atoms with E-state index in [0.29, 0.717) is 37.0 Å². The first kappa shape index (κ1) is 35.4. The molecule has 0 aromatic carbocycles. The summed E-state index contributed by atoms with van der Waals surface area (Å²) in [5.74, 6) is 1.82. The van der Waals surface area contributed by atoms with E-state index in [1.165, 1.54) is 38.5 Å². The first-order valence-corrected chi connectivity index (χ1v) is 21.7. The average molecular weight is 725 g/mol. The van der Waals surface area contributed by atoms with Crippen LogP contribution in [0.4, 0.5) is 0 Å². The fraction of sp³-hybridized carbons (Fsp3) is 0.783. The van der Waals surface area contributed by atoms with Crippen molar-refractivity contribution in [3.05, 3.63) is 52.7 Å². The lowest BCUT2D eigenvalue weighted by Gasteiger charge is -2.63. The fourth-order valence-corrected chi connectivity index (χ4v) is 16.2. The summed E-state index contributed by atoms with van der Waals surface area (Å²) >= 11 is 0. The van der Waals surface area contributed by atoms with Gasteiger partial charge in [-0.1, -0.05) is 56.4 Å². The van der Waals surface area contributed by atoms with Crippen LogP contribution in [0, 0.1) is 69.5 Å². The topological polar surface area (TPSA) is 116 Å². The van der Waals surface area contributed by atoms with Crippen molar-refractivity contribution in [2.24, 2.45) is 69.5 Å². The number of aryl methyl sites for hydroxylation is 1. The molecule has 10 rings (SSSR count). The van der Waals surface area contributed by atoms with Crippen molar-refractivity contribution >= 4 is 5.78 Å². The van der Waals surface area contributed by atoms with Crippen molar-refractivity contribution in [2.75, 3.05) is 0 Å². The van der Waals surface area contributed by atoms with Gasteiger partial charge in [-0.2, -0.15) is 0 Å². The molecular weight excluding hydrogens is 661 g/mol. The Morgan fingerprint density at radius 3 is 2.55 bits per heavy atom. The van der Waals surface area contributed by atoms with Crippen LogP contribution in [0.2, 0.25) is 0 Å². The number of nitrogens with zero attached hydrogens (tertiary/aromatic N) is 2. The molecule has 9 aliphatic carbocycles. The predicted octanol–water partition coefficient (Wildman–Crippen LogP) is 7.34. The lowest BCUT2D eigenvalue weighted by Crippen LogP contribution is -2.64. The van der Waals surface area contributed by atoms with Crippen LogP contribution >= 0.6 is 0 Å². The van der Waals surface area contributed by atoms with Gasteiger partial charge < -0.3 is 25.0 Å². The van der Waals surface area contributed by atoms with Gasteiger partial charge in [0.25, 0.3) is 0 Å². The van der Waals surface area contributed by atoms with E-state index in [2.05, 4.69) is 43.4 Å². The Labute approximate surface area is 316 Å². The van der Waals surface area contributed by atoms with Crippen molar-refractivity contribution in [3.8, 4) is 0 Å². The molecule has 4 N–H and O–H groups in total. The minimum Gasteiger partial charge on any atom is -0.392 e. The second kappa shape index (κ2) is 12.0. The van der Waals surface area contributed by atoms with Gasteiger partial charge in [0.15, 0.2) is 5.78 Å². The van der Waals surface area contributed by atoms with Gasteiger partial charge in [-0.3, -0.25) is 4.79 Å². The SMILES string of the molecule is CC(C)(CCn1ccnc1)C1=C2CCCCC2C2=C3C(CCC2)C2CCC4CC5C(=CC(=O)C6CC(O)C(O)CC65C)C5(O)CCC(C2C(O)C31)C45C. The molecule has 15 unspecified atom stereocenters. The molecule has 0 amide bonds. The molecule has 6 fully saturated rings. The van der Waals surface area contributed by atoms with E-state index < -0.39 is 34.7 Å². The third-order valence-corrected chi connectivity index (χ3v) is 18.6. The molecule has 0 spiro atoms. The van der Waals surface area contributed by atoms with Gasteiger partial charge in [-0.25, -0.2) is 4.98 Å². The minimum atomic E-state index is -1.11. The molecular formula is C46H64N2O5. The second-order valence-electron chi connectivity index (χ2n) is 20.8. The molecule has 0 saturated heterocycles. The number of aromatic nitrogens is 2. The summed E-state index contributed by atoms with van der Waals surface area (Å²) < 4.78 is 2.21. The molecule has 7 nitrogen and oxygen atoms in total. The molecule has 0 aliphatic heterocycles. The minimum absolute atomic E-state index is 0.0153. The third-order valence-electron chi connectivity index (χ3n) is 18.6. The quantitative estimate of drug-likeness (QED) is 0.242. The standard InChI is InChI=1S/C46H64N2O5/c1-43(2,16-18-48-19-17-47-24-48)41-30-9-6-5-8-26(30)27-10-7-11-28-29-13-12-25-20-32-33(21-35(49)34-22-36(50)37(51)23-44(32,34)3)46(53)15-14-31(45(25,46)4)39(29)42(52)40(41)38(27)28/h17,19,21,24-26,28-29,31-32,34,36-37,39-40,42,50-53H,5-16,18,20,22-23H2,1-4H3. The van der Waals surface area contributed by atoms with Crippen LogP contribution in [-0.2, 0) is 11.3 Å². The van der Waals surface area contributed by atoms with Gasteiger partial charge in [0.1, 0.15) is 0 Å². The fourth-order valence-electron chi connectivity index (χ4n) is 16.2. The van der Waals surface area contributed by atoms with Gasteiger partial charge in [0.05, 0.1) is 30.2 Å². The van der Waals surface area contributed by atoms with Gasteiger partial charge in [-0.15, -0.1) is 0 Å². The summed E-state index contributed by atoms with van der Waals surface area (Å²) in [5.41, 5.74) is 5.44. The van der Waals surface area contributed by atoms with Crippen LogP contribution in [0.25, 0.3) is 0 Å². The number of hydrogen-bond acceptors (Lipinski definition) is 6. The van der Waals surface area contributed by atoms with E-state index in [1.54, 1.807) is 22.3 Å². The largest absolute Gasteiger partial charge is 0.392 e. The summed E-state index contributed by atoms with van der Waals surface area (Å²) in [6, 6.07) is 0. The summed E-state index contributed by atoms with van der Waals surface area (Å²) in [6.45, 7) is 10.4. The maximum absolute atomic E-state index is 14.0. The van der Waals surface area contributed by atoms with Crippen molar-refractivity contribution in [3.63, 3.8) is 0 Å². The zero-order valence-corrected chi connectivity index (χ0v) is 32.6. The maximum Gasteiger partial charge on any atom is 0.159 e. The highest BCUT2D eigenvalue weighted by molar-refractivity contribution is 5.95. The van der Waals surface area contributed by atoms with Crippen LogP contribution in [-0.4, -0.2) is 59.7 Å². The zero-order chi connectivity index (χ0) is 36.8. The van der Waals surface area contributed by atoms with Crippen molar-refractivity contribution in [1.82, 2.24) is 9.55 Å². The first-order valence-electron chi connectivity index (χ1n) is 21.7. The number of aliphatic hydroxyl groups is 4. The molecule has 1 aromatic heterocycles. The molecule has 0 radical (unpaired) electrons. The Morgan fingerprint density at radius 2 is 1.75 bits per heavy atom. The van der Waals surface area contributed by atoms with Gasteiger partial charge in [0, 0.05) is 42.1 Å². The Balaban J connectivity index is 1.08. The number of aliphatic hydroxyl groups excluding tert-OH is 3. The van der Waals surface area contributed by atoms with Crippen LogP contribution < -0.4 is 0 Å². The van der Waals surface area contributed by atoms with E-state index in [9.17, 15) is 25.2 Å². The molecule has 9 aliphatic rings. The highest BCUT2D eigenvalue weighted by atomic mass is 16.3. The Kier molecular flexibility index (Phi) is 7.99. The summed E-state index contributed by atoms with van der Waals surface area (Å²) in [6.07, 6.45) is 20.4. The van der Waals surface area contributed by atoms with Crippen LogP contribution in [0.1, 0.15) is 124 Å². The smallest absolute Gasteiger partial charge is 0.159 e. The normalized spacial score (nSPS) is 48.8. The first-order chi connectivity index (χ1) is 25.3. The number of carbonyl (C=O) groups excluding carboxylic acids is 1. The molecule has 1 aromatic rings. The molecule has 288 valence electrons. The molecule has 6 saturated carbocycles. The zero-order valence-electron chi connectivity index (χ0n) is 32.6. The number of hydrogen-bond donors (Lipinski definition) is 4. The molecule has 7 heteroatoms. The van der Waals surface area contributed by atoms with E-state index in [-0.39, 0.29) is 46.7 Å². The molecule has 0 bridgehead atoms. The Bertz CT molecular complexity index is 1770. The maximum atomic E-state index is 14.0. The lowest BCUT2D eigenvalue weighted by atomic mass is 9.42. The van der Waals surface area contributed by atoms with E-state index in [0.717, 1.165) is 50.6 Å². The number of fused-ring (bicyclic) bond motifs is 9. The predicted molar refractivity (Wildman–Crippen MR) is 203 cm³/mol. The molecule has 53 heavy (non-hydrogen) atoms. The van der Waals surface area contributed by atoms with Crippen LogP contribution in [0.15, 0.2) is 52.7 Å². The highest BCUT2D eigenvalue weighted by Gasteiger charge is 2.73. The Hall–Kier alpha value is -2.06. The van der Waals surface area contributed by atoms with Gasteiger partial charge in [-0.05, 0) is 148 Å². The second-order valence-corrected chi connectivity index (χ2v) is 20.8. The van der Waals surface area contributed by atoms with Crippen LogP contribution in [0.3, 0.4) is 0 Å². The molecule has 15 atom stereocenters. The van der Waals surface area contributed by atoms with Crippen LogP contribution in [0.5, 0.6) is 0 Å². The van der Waals surface area contributed by atoms with E-state index in [1.807, 2.05) is 18.6 Å². The van der Waals surface area contributed by atoms with E-state index >= 15 is 0 Å². The highest BCUT2D eigenvalue weighted by Crippen LogP contribution is 2.74. The number of carbonyl (C=O) groups is 1. The monoisotopic (exact) mass is 724 g/mol. The average Bonchev–Trinajstić information content (AvgIpc) is 3.72. The van der Waals surface area contributed by atoms with Gasteiger partial charge in [0.2, 0.25) is 0 Å². The number of imidazole rings is 1. The summed E-state index contributed by atoms with van der Waals surface area (Å²) in [4.78, 5) is 18.3. The summed E-state index contributed by atoms with van der Waals surface area (Å²) in [7, 11) is 0. The lowest BCUT2D eigenvalue weighted by molar-refractivity contribution is -0.168. The third kappa shape index (κ3) is 4.66. The van der Waals surface area contributed by atoms with Crippen molar-refractivity contribution < 1.29 is 25.2 Å². The number of allylic oxidation sites excluding steroid dienone is 3. The molecule has 1 heterocycles. The summed E-state index contributed by atoms with van der Waals surface area (Å²) in [5, 5.41) is 48.4. The number of ketones is 1. The van der Waals surface area contributed by atoms with Crippen molar-refractivity contribution in [1.29, 1.82) is 0 Å². The number of rotatable bonds is 4. The Morgan fingerprint density at radius 1 is 0.943 bits per heavy atom. The van der Waals surface area contributed by atoms with E-state index in [4.69, 9.17) is 0 Å². The van der Waals surface area contributed by atoms with Gasteiger partial charge >= 0.3 is 0 Å². The van der Waals surface area contributed by atoms with Crippen molar-refractivity contribution in [2.45, 2.75) is 154 Å².